The van der Waals surface area contributed by atoms with Gasteiger partial charge in [0.05, 0.1) is 6.54 Å². The number of halogens is 1. The van der Waals surface area contributed by atoms with Crippen molar-refractivity contribution >= 4 is 30.1 Å². The molecule has 1 unspecified atom stereocenters. The molecule has 130 valence electrons. The molecule has 0 bridgehead atoms. The van der Waals surface area contributed by atoms with Gasteiger partial charge in [-0.3, -0.25) is 9.69 Å². The van der Waals surface area contributed by atoms with Gasteiger partial charge in [0, 0.05) is 23.7 Å². The highest BCUT2D eigenvalue weighted by Crippen LogP contribution is 2.27. The molecule has 0 spiro atoms. The van der Waals surface area contributed by atoms with Gasteiger partial charge in [-0.25, -0.2) is 0 Å². The van der Waals surface area contributed by atoms with Crippen molar-refractivity contribution in [3.8, 4) is 0 Å². The SMILES string of the molecule is Cc1ccc(SCCNC(=O)CN2CCC(C)(CN)C2)cc1.Cl. The summed E-state index contributed by atoms with van der Waals surface area (Å²) >= 11 is 1.77. The van der Waals surface area contributed by atoms with E-state index in [2.05, 4.69) is 48.3 Å². The Hall–Kier alpha value is -0.750. The van der Waals surface area contributed by atoms with E-state index < -0.39 is 0 Å². The van der Waals surface area contributed by atoms with Crippen molar-refractivity contribution in [1.82, 2.24) is 10.2 Å². The molecule has 1 fully saturated rings. The highest BCUT2D eigenvalue weighted by atomic mass is 35.5. The Morgan fingerprint density at radius 3 is 2.70 bits per heavy atom. The lowest BCUT2D eigenvalue weighted by molar-refractivity contribution is -0.121. The fourth-order valence-electron chi connectivity index (χ4n) is 2.68. The number of carbonyl (C=O) groups excluding carboxylic acids is 1. The second-order valence-corrected chi connectivity index (χ2v) is 7.66. The molecule has 1 heterocycles. The molecule has 0 aromatic heterocycles. The number of likely N-dealkylation sites (tertiary alicyclic amines) is 1. The van der Waals surface area contributed by atoms with E-state index in [4.69, 9.17) is 5.73 Å². The molecule has 1 amide bonds. The third-order valence-corrected chi connectivity index (χ3v) is 5.22. The van der Waals surface area contributed by atoms with Crippen LogP contribution in [0.2, 0.25) is 0 Å². The van der Waals surface area contributed by atoms with E-state index in [9.17, 15) is 4.79 Å². The summed E-state index contributed by atoms with van der Waals surface area (Å²) in [4.78, 5) is 15.4. The standard InChI is InChI=1S/C17H27N3OS.ClH/c1-14-3-5-15(6-4-14)22-10-8-19-16(21)11-20-9-7-17(2,12-18)13-20;/h3-6H,7-13,18H2,1-2H3,(H,19,21);1H. The summed E-state index contributed by atoms with van der Waals surface area (Å²) in [6.45, 7) is 8.07. The number of amides is 1. The van der Waals surface area contributed by atoms with Gasteiger partial charge in [0.15, 0.2) is 0 Å². The molecule has 1 atom stereocenters. The van der Waals surface area contributed by atoms with Crippen molar-refractivity contribution in [1.29, 1.82) is 0 Å². The van der Waals surface area contributed by atoms with Gasteiger partial charge in [-0.2, -0.15) is 0 Å². The van der Waals surface area contributed by atoms with Crippen LogP contribution in [-0.4, -0.2) is 49.3 Å². The van der Waals surface area contributed by atoms with Crippen LogP contribution in [0.3, 0.4) is 0 Å². The van der Waals surface area contributed by atoms with Crippen molar-refractivity contribution in [3.05, 3.63) is 29.8 Å². The van der Waals surface area contributed by atoms with Crippen LogP contribution in [0.25, 0.3) is 0 Å². The number of aryl methyl sites for hydroxylation is 1. The lowest BCUT2D eigenvalue weighted by atomic mass is 9.90. The van der Waals surface area contributed by atoms with Crippen molar-refractivity contribution in [2.24, 2.45) is 11.1 Å². The van der Waals surface area contributed by atoms with Crippen molar-refractivity contribution in [2.45, 2.75) is 25.2 Å². The monoisotopic (exact) mass is 357 g/mol. The van der Waals surface area contributed by atoms with Gasteiger partial charge in [-0.1, -0.05) is 24.6 Å². The maximum Gasteiger partial charge on any atom is 0.234 e. The van der Waals surface area contributed by atoms with E-state index in [0.717, 1.165) is 25.3 Å². The summed E-state index contributed by atoms with van der Waals surface area (Å²) in [6.07, 6.45) is 1.08. The van der Waals surface area contributed by atoms with Crippen LogP contribution < -0.4 is 11.1 Å². The van der Waals surface area contributed by atoms with Crippen LogP contribution in [-0.2, 0) is 4.79 Å². The van der Waals surface area contributed by atoms with E-state index >= 15 is 0 Å². The molecule has 0 radical (unpaired) electrons. The first-order valence-corrected chi connectivity index (χ1v) is 8.88. The molecule has 1 aliphatic rings. The van der Waals surface area contributed by atoms with Crippen molar-refractivity contribution in [2.75, 3.05) is 38.5 Å². The molecule has 1 aromatic carbocycles. The molecule has 0 saturated carbocycles. The zero-order valence-electron chi connectivity index (χ0n) is 14.0. The molecule has 6 heteroatoms. The highest BCUT2D eigenvalue weighted by Gasteiger charge is 2.32. The predicted octanol–water partition coefficient (Wildman–Crippen LogP) is 2.30. The number of rotatable bonds is 7. The van der Waals surface area contributed by atoms with Gasteiger partial charge in [0.1, 0.15) is 0 Å². The maximum absolute atomic E-state index is 12.0. The van der Waals surface area contributed by atoms with Gasteiger partial charge >= 0.3 is 0 Å². The number of nitrogens with two attached hydrogens (primary N) is 1. The van der Waals surface area contributed by atoms with E-state index in [0.29, 0.717) is 19.6 Å². The number of hydrogen-bond acceptors (Lipinski definition) is 4. The average molecular weight is 358 g/mol. The van der Waals surface area contributed by atoms with E-state index in [1.807, 2.05) is 0 Å². The van der Waals surface area contributed by atoms with Gasteiger partial charge in [-0.15, -0.1) is 24.2 Å². The third-order valence-electron chi connectivity index (χ3n) is 4.21. The molecule has 0 aliphatic carbocycles. The van der Waals surface area contributed by atoms with Gasteiger partial charge in [0.2, 0.25) is 5.91 Å². The Morgan fingerprint density at radius 1 is 1.39 bits per heavy atom. The van der Waals surface area contributed by atoms with Crippen LogP contribution >= 0.6 is 24.2 Å². The number of thioether (sulfide) groups is 1. The Labute approximate surface area is 150 Å². The first kappa shape index (κ1) is 20.3. The van der Waals surface area contributed by atoms with Crippen LogP contribution in [0.15, 0.2) is 29.2 Å². The third kappa shape index (κ3) is 6.71. The summed E-state index contributed by atoms with van der Waals surface area (Å²) in [5.41, 5.74) is 7.25. The minimum atomic E-state index is 0. The number of hydrogen-bond donors (Lipinski definition) is 2. The summed E-state index contributed by atoms with van der Waals surface area (Å²) < 4.78 is 0. The molecule has 23 heavy (non-hydrogen) atoms. The molecule has 2 rings (SSSR count). The Balaban J connectivity index is 0.00000264. The Morgan fingerprint density at radius 2 is 2.09 bits per heavy atom. The summed E-state index contributed by atoms with van der Waals surface area (Å²) in [5.74, 6) is 1.01. The minimum absolute atomic E-state index is 0. The first-order chi connectivity index (χ1) is 10.5. The second-order valence-electron chi connectivity index (χ2n) is 6.49. The highest BCUT2D eigenvalue weighted by molar-refractivity contribution is 7.99. The molecule has 1 aromatic rings. The fourth-order valence-corrected chi connectivity index (χ4v) is 3.45. The summed E-state index contributed by atoms with van der Waals surface area (Å²) in [7, 11) is 0. The van der Waals surface area contributed by atoms with Crippen LogP contribution in [0.1, 0.15) is 18.9 Å². The predicted molar refractivity (Wildman–Crippen MR) is 100 cm³/mol. The number of nitrogens with zero attached hydrogens (tertiary/aromatic N) is 1. The van der Waals surface area contributed by atoms with Crippen molar-refractivity contribution in [3.63, 3.8) is 0 Å². The number of nitrogens with one attached hydrogen (secondary N) is 1. The van der Waals surface area contributed by atoms with Crippen molar-refractivity contribution < 1.29 is 4.79 Å². The zero-order valence-corrected chi connectivity index (χ0v) is 15.6. The normalized spacial score (nSPS) is 21.0. The molecule has 1 aliphatic heterocycles. The lowest BCUT2D eigenvalue weighted by Crippen LogP contribution is -2.38. The lowest BCUT2D eigenvalue weighted by Gasteiger charge is -2.22. The Bertz CT molecular complexity index is 497. The Kier molecular flexibility index (Phi) is 8.40. The first-order valence-electron chi connectivity index (χ1n) is 7.89. The van der Waals surface area contributed by atoms with Crippen LogP contribution in [0.5, 0.6) is 0 Å². The maximum atomic E-state index is 12.0. The van der Waals surface area contributed by atoms with E-state index in [1.165, 1.54) is 10.5 Å². The minimum Gasteiger partial charge on any atom is -0.354 e. The quantitative estimate of drug-likeness (QED) is 0.580. The smallest absolute Gasteiger partial charge is 0.234 e. The fraction of sp³-hybridized carbons (Fsp3) is 0.588. The van der Waals surface area contributed by atoms with E-state index in [1.54, 1.807) is 11.8 Å². The molecule has 4 nitrogen and oxygen atoms in total. The number of carbonyl (C=O) groups is 1. The summed E-state index contributed by atoms with van der Waals surface area (Å²) in [6, 6.07) is 8.48. The molecular weight excluding hydrogens is 330 g/mol. The van der Waals surface area contributed by atoms with Gasteiger partial charge < -0.3 is 11.1 Å². The molecular formula is C17H28ClN3OS. The second kappa shape index (κ2) is 9.52. The molecule has 1 saturated heterocycles. The van der Waals surface area contributed by atoms with Gasteiger partial charge in [0.25, 0.3) is 0 Å². The van der Waals surface area contributed by atoms with Crippen LogP contribution in [0.4, 0.5) is 0 Å². The molecule has 3 N–H and O–H groups in total. The van der Waals surface area contributed by atoms with Gasteiger partial charge in [-0.05, 0) is 44.0 Å². The van der Waals surface area contributed by atoms with E-state index in [-0.39, 0.29) is 23.7 Å². The average Bonchev–Trinajstić information content (AvgIpc) is 2.87. The largest absolute Gasteiger partial charge is 0.354 e. The zero-order chi connectivity index (χ0) is 16.0. The number of benzene rings is 1. The van der Waals surface area contributed by atoms with Crippen LogP contribution in [0, 0.1) is 12.3 Å². The summed E-state index contributed by atoms with van der Waals surface area (Å²) in [5, 5.41) is 3.00. The topological polar surface area (TPSA) is 58.4 Å².